The molecule has 0 radical (unpaired) electrons. The van der Waals surface area contributed by atoms with E-state index in [1.54, 1.807) is 5.38 Å². The summed E-state index contributed by atoms with van der Waals surface area (Å²) in [6.45, 7) is 1.48. The van der Waals surface area contributed by atoms with Gasteiger partial charge in [0.1, 0.15) is 5.75 Å². The summed E-state index contributed by atoms with van der Waals surface area (Å²) in [4.78, 5) is 16.7. The number of rotatable bonds is 4. The van der Waals surface area contributed by atoms with Crippen molar-refractivity contribution >= 4 is 43.6 Å². The Morgan fingerprint density at radius 3 is 2.79 bits per heavy atom. The lowest BCUT2D eigenvalue weighted by Crippen LogP contribution is -2.27. The van der Waals surface area contributed by atoms with Gasteiger partial charge in [0.2, 0.25) is 0 Å². The number of benzene rings is 1. The molecule has 0 fully saturated rings. The van der Waals surface area contributed by atoms with Gasteiger partial charge in [-0.3, -0.25) is 13.9 Å². The monoisotopic (exact) mass is 385 g/mol. The molecule has 24 heavy (non-hydrogen) atoms. The normalized spacial score (nSPS) is 11.6. The van der Waals surface area contributed by atoms with Gasteiger partial charge in [0.05, 0.1) is 23.5 Å². The zero-order valence-electron chi connectivity index (χ0n) is 12.6. The second kappa shape index (κ2) is 6.08. The maximum Gasteiger partial charge on any atom is 0.279 e. The van der Waals surface area contributed by atoms with Crippen LogP contribution in [0.15, 0.2) is 39.5 Å². The Morgan fingerprint density at radius 1 is 1.38 bits per heavy atom. The third-order valence-electron chi connectivity index (χ3n) is 3.27. The first-order valence-electron chi connectivity index (χ1n) is 6.66. The molecule has 0 saturated carbocycles. The van der Waals surface area contributed by atoms with Crippen molar-refractivity contribution in [3.05, 3.63) is 50.8 Å². The van der Waals surface area contributed by atoms with E-state index in [-0.39, 0.29) is 16.4 Å². The number of anilines is 1. The van der Waals surface area contributed by atoms with Gasteiger partial charge in [0, 0.05) is 11.6 Å². The predicted octanol–water partition coefficient (Wildman–Crippen LogP) is 2.53. The van der Waals surface area contributed by atoms with Crippen LogP contribution >= 0.6 is 22.9 Å². The summed E-state index contributed by atoms with van der Waals surface area (Å²) in [5, 5.41) is 1.91. The van der Waals surface area contributed by atoms with Crippen molar-refractivity contribution in [1.82, 2.24) is 9.38 Å². The van der Waals surface area contributed by atoms with Gasteiger partial charge in [-0.2, -0.15) is 0 Å². The van der Waals surface area contributed by atoms with Crippen LogP contribution in [-0.2, 0) is 10.0 Å². The molecule has 3 rings (SSSR count). The fourth-order valence-corrected chi connectivity index (χ4v) is 4.52. The summed E-state index contributed by atoms with van der Waals surface area (Å²) in [6, 6.07) is 4.42. The lowest BCUT2D eigenvalue weighted by molar-refractivity contribution is 0.415. The van der Waals surface area contributed by atoms with Crippen molar-refractivity contribution in [3.63, 3.8) is 0 Å². The van der Waals surface area contributed by atoms with Crippen molar-refractivity contribution in [2.24, 2.45) is 0 Å². The highest BCUT2D eigenvalue weighted by Crippen LogP contribution is 2.28. The van der Waals surface area contributed by atoms with Crippen molar-refractivity contribution in [3.8, 4) is 5.75 Å². The first-order chi connectivity index (χ1) is 11.3. The van der Waals surface area contributed by atoms with Crippen LogP contribution in [0.1, 0.15) is 5.69 Å². The van der Waals surface area contributed by atoms with E-state index in [2.05, 4.69) is 9.71 Å². The molecular formula is C14H12ClN3O4S2. The van der Waals surface area contributed by atoms with E-state index in [1.807, 2.05) is 0 Å². The molecular weight excluding hydrogens is 374 g/mol. The highest BCUT2D eigenvalue weighted by atomic mass is 35.5. The number of hydrogen-bond donors (Lipinski definition) is 1. The van der Waals surface area contributed by atoms with E-state index < -0.39 is 20.5 Å². The van der Waals surface area contributed by atoms with E-state index in [1.165, 1.54) is 54.2 Å². The summed E-state index contributed by atoms with van der Waals surface area (Å²) >= 11 is 7.24. The van der Waals surface area contributed by atoms with Crippen LogP contribution in [0.25, 0.3) is 4.96 Å². The SMILES string of the molecule is COc1ccc(NS(=O)(=O)c2c(C)nc3sccn3c2=O)cc1Cl. The van der Waals surface area contributed by atoms with Crippen molar-refractivity contribution in [2.75, 3.05) is 11.8 Å². The molecule has 0 aliphatic heterocycles. The molecule has 0 unspecified atom stereocenters. The van der Waals surface area contributed by atoms with Crippen LogP contribution in [0.2, 0.25) is 5.02 Å². The Labute approximate surface area is 146 Å². The van der Waals surface area contributed by atoms with E-state index in [9.17, 15) is 13.2 Å². The Hall–Kier alpha value is -2.10. The Kier molecular flexibility index (Phi) is 4.24. The highest BCUT2D eigenvalue weighted by Gasteiger charge is 2.24. The lowest BCUT2D eigenvalue weighted by atomic mass is 10.3. The first kappa shape index (κ1) is 16.7. The minimum absolute atomic E-state index is 0.134. The summed E-state index contributed by atoms with van der Waals surface area (Å²) in [5.74, 6) is 0.414. The van der Waals surface area contributed by atoms with E-state index in [0.29, 0.717) is 10.7 Å². The van der Waals surface area contributed by atoms with Crippen LogP contribution < -0.4 is 15.0 Å². The summed E-state index contributed by atoms with van der Waals surface area (Å²) in [6.07, 6.45) is 1.48. The molecule has 0 atom stereocenters. The van der Waals surface area contributed by atoms with Crippen LogP contribution in [-0.4, -0.2) is 24.9 Å². The number of aromatic nitrogens is 2. The maximum absolute atomic E-state index is 12.6. The van der Waals surface area contributed by atoms with E-state index in [4.69, 9.17) is 16.3 Å². The summed E-state index contributed by atoms with van der Waals surface area (Å²) < 4.78 is 33.8. The van der Waals surface area contributed by atoms with Gasteiger partial charge >= 0.3 is 0 Å². The van der Waals surface area contributed by atoms with E-state index in [0.717, 1.165) is 0 Å². The molecule has 2 heterocycles. The highest BCUT2D eigenvalue weighted by molar-refractivity contribution is 7.92. The van der Waals surface area contributed by atoms with Crippen LogP contribution in [0.4, 0.5) is 5.69 Å². The third-order valence-corrected chi connectivity index (χ3v) is 5.83. The molecule has 10 heteroatoms. The molecule has 0 aliphatic rings. The van der Waals surface area contributed by atoms with Crippen LogP contribution in [0.5, 0.6) is 5.75 Å². The fourth-order valence-electron chi connectivity index (χ4n) is 2.21. The topological polar surface area (TPSA) is 89.8 Å². The number of fused-ring (bicyclic) bond motifs is 1. The van der Waals surface area contributed by atoms with Gasteiger partial charge in [-0.25, -0.2) is 13.4 Å². The number of ether oxygens (including phenoxy) is 1. The smallest absolute Gasteiger partial charge is 0.279 e. The summed E-state index contributed by atoms with van der Waals surface area (Å²) in [5.41, 5.74) is -0.296. The van der Waals surface area contributed by atoms with Gasteiger partial charge in [0.15, 0.2) is 9.86 Å². The molecule has 2 aromatic heterocycles. The maximum atomic E-state index is 12.6. The number of methoxy groups -OCH3 is 1. The van der Waals surface area contributed by atoms with Gasteiger partial charge in [0.25, 0.3) is 15.6 Å². The second-order valence-electron chi connectivity index (χ2n) is 4.84. The van der Waals surface area contributed by atoms with Crippen molar-refractivity contribution in [2.45, 2.75) is 11.8 Å². The minimum Gasteiger partial charge on any atom is -0.495 e. The van der Waals surface area contributed by atoms with Crippen LogP contribution in [0.3, 0.4) is 0 Å². The van der Waals surface area contributed by atoms with Crippen molar-refractivity contribution < 1.29 is 13.2 Å². The molecule has 126 valence electrons. The second-order valence-corrected chi connectivity index (χ2v) is 7.74. The van der Waals surface area contributed by atoms with Gasteiger partial charge < -0.3 is 4.74 Å². The minimum atomic E-state index is -4.12. The summed E-state index contributed by atoms with van der Waals surface area (Å²) in [7, 11) is -2.67. The van der Waals surface area contributed by atoms with Gasteiger partial charge in [-0.15, -0.1) is 11.3 Å². The molecule has 0 amide bonds. The number of sulfonamides is 1. The molecule has 0 spiro atoms. The molecule has 0 bridgehead atoms. The fraction of sp³-hybridized carbons (Fsp3) is 0.143. The van der Waals surface area contributed by atoms with Crippen molar-refractivity contribution in [1.29, 1.82) is 0 Å². The molecule has 1 aromatic carbocycles. The number of hydrogen-bond acceptors (Lipinski definition) is 6. The molecule has 7 nitrogen and oxygen atoms in total. The lowest BCUT2D eigenvalue weighted by Gasteiger charge is -2.11. The first-order valence-corrected chi connectivity index (χ1v) is 9.40. The van der Waals surface area contributed by atoms with E-state index >= 15 is 0 Å². The molecule has 0 aliphatic carbocycles. The van der Waals surface area contributed by atoms with Crippen LogP contribution in [0, 0.1) is 6.92 Å². The zero-order valence-corrected chi connectivity index (χ0v) is 15.0. The average molecular weight is 386 g/mol. The molecule has 0 saturated heterocycles. The number of nitrogens with zero attached hydrogens (tertiary/aromatic N) is 2. The van der Waals surface area contributed by atoms with Gasteiger partial charge in [-0.05, 0) is 25.1 Å². The Morgan fingerprint density at radius 2 is 2.12 bits per heavy atom. The molecule has 3 aromatic rings. The Bertz CT molecular complexity index is 1090. The number of nitrogens with one attached hydrogen (secondary N) is 1. The molecule has 1 N–H and O–H groups in total. The third kappa shape index (κ3) is 2.85. The number of aryl methyl sites for hydroxylation is 1. The number of halogens is 1. The Balaban J connectivity index is 2.08. The predicted molar refractivity (Wildman–Crippen MR) is 92.9 cm³/mol. The number of thiazole rings is 1. The standard InChI is InChI=1S/C14H12ClN3O4S2/c1-8-12(13(19)18-5-6-23-14(18)16-8)24(20,21)17-9-3-4-11(22-2)10(15)7-9/h3-7,17H,1-2H3. The largest absolute Gasteiger partial charge is 0.495 e. The average Bonchev–Trinajstić information content (AvgIpc) is 2.95. The zero-order chi connectivity index (χ0) is 17.5. The quantitative estimate of drug-likeness (QED) is 0.745. The van der Waals surface area contributed by atoms with Gasteiger partial charge in [-0.1, -0.05) is 11.6 Å².